The fourth-order valence-corrected chi connectivity index (χ4v) is 2.10. The number of rotatable bonds is 4. The summed E-state index contributed by atoms with van der Waals surface area (Å²) >= 11 is 3.48. The van der Waals surface area contributed by atoms with Crippen molar-refractivity contribution in [2.24, 2.45) is 0 Å². The topological polar surface area (TPSA) is 38.5 Å². The molecule has 0 fully saturated rings. The zero-order valence-electron chi connectivity index (χ0n) is 11.1. The fourth-order valence-electron chi connectivity index (χ4n) is 1.72. The number of anilines is 2. The predicted molar refractivity (Wildman–Crippen MR) is 83.7 cm³/mol. The molecule has 0 saturated carbocycles. The molecule has 0 aliphatic carbocycles. The van der Waals surface area contributed by atoms with Crippen LogP contribution in [0.1, 0.15) is 5.56 Å². The van der Waals surface area contributed by atoms with E-state index in [0.717, 1.165) is 27.2 Å². The van der Waals surface area contributed by atoms with Gasteiger partial charge in [0, 0.05) is 41.6 Å². The van der Waals surface area contributed by atoms with Gasteiger partial charge in [-0.25, -0.2) is 0 Å². The van der Waals surface area contributed by atoms with Crippen LogP contribution in [0.4, 0.5) is 11.4 Å². The van der Waals surface area contributed by atoms with Crippen LogP contribution in [-0.2, 0) is 6.61 Å². The molecule has 0 unspecified atom stereocenters. The molecule has 0 radical (unpaired) electrons. The van der Waals surface area contributed by atoms with Gasteiger partial charge in [0.25, 0.3) is 0 Å². The Bertz CT molecular complexity index is 570. The number of benzene rings is 2. The molecule has 100 valence electrons. The van der Waals surface area contributed by atoms with E-state index in [1.165, 1.54) is 0 Å². The van der Waals surface area contributed by atoms with Crippen molar-refractivity contribution < 1.29 is 4.74 Å². The first-order valence-electron chi connectivity index (χ1n) is 6.01. The standard InChI is InChI=1S/C15H17BrN2O/c1-18(2)12-6-4-7-13(9-12)19-10-11-5-3-8-14(17)15(11)16/h3-9H,10,17H2,1-2H3. The highest BCUT2D eigenvalue weighted by Gasteiger charge is 2.04. The largest absolute Gasteiger partial charge is 0.489 e. The van der Waals surface area contributed by atoms with Gasteiger partial charge in [-0.1, -0.05) is 18.2 Å². The zero-order chi connectivity index (χ0) is 13.8. The second-order valence-electron chi connectivity index (χ2n) is 4.50. The Balaban J connectivity index is 2.10. The lowest BCUT2D eigenvalue weighted by molar-refractivity contribution is 0.305. The maximum absolute atomic E-state index is 5.84. The van der Waals surface area contributed by atoms with Crippen LogP contribution in [0.3, 0.4) is 0 Å². The van der Waals surface area contributed by atoms with Crippen LogP contribution in [0.5, 0.6) is 5.75 Å². The number of hydrogen-bond donors (Lipinski definition) is 1. The molecule has 0 spiro atoms. The molecular formula is C15H17BrN2O. The van der Waals surface area contributed by atoms with Crippen molar-refractivity contribution in [2.75, 3.05) is 24.7 Å². The second kappa shape index (κ2) is 5.97. The van der Waals surface area contributed by atoms with Crippen molar-refractivity contribution in [1.29, 1.82) is 0 Å². The van der Waals surface area contributed by atoms with Gasteiger partial charge in [0.2, 0.25) is 0 Å². The zero-order valence-corrected chi connectivity index (χ0v) is 12.6. The Morgan fingerprint density at radius 1 is 1.16 bits per heavy atom. The van der Waals surface area contributed by atoms with Crippen molar-refractivity contribution in [3.63, 3.8) is 0 Å². The van der Waals surface area contributed by atoms with Crippen LogP contribution in [-0.4, -0.2) is 14.1 Å². The third kappa shape index (κ3) is 3.41. The third-order valence-electron chi connectivity index (χ3n) is 2.84. The van der Waals surface area contributed by atoms with E-state index in [9.17, 15) is 0 Å². The quantitative estimate of drug-likeness (QED) is 0.873. The van der Waals surface area contributed by atoms with Crippen LogP contribution in [0.2, 0.25) is 0 Å². The maximum atomic E-state index is 5.84. The molecule has 0 aromatic heterocycles. The molecule has 3 nitrogen and oxygen atoms in total. The first kappa shape index (κ1) is 13.7. The summed E-state index contributed by atoms with van der Waals surface area (Å²) in [7, 11) is 4.02. The molecular weight excluding hydrogens is 304 g/mol. The van der Waals surface area contributed by atoms with Crippen molar-refractivity contribution in [1.82, 2.24) is 0 Å². The Morgan fingerprint density at radius 3 is 2.63 bits per heavy atom. The summed E-state index contributed by atoms with van der Waals surface area (Å²) in [5.41, 5.74) is 8.72. The molecule has 0 bridgehead atoms. The third-order valence-corrected chi connectivity index (χ3v) is 3.80. The van der Waals surface area contributed by atoms with Gasteiger partial charge in [-0.3, -0.25) is 0 Å². The van der Waals surface area contributed by atoms with E-state index in [-0.39, 0.29) is 0 Å². The van der Waals surface area contributed by atoms with Gasteiger partial charge in [0.1, 0.15) is 12.4 Å². The van der Waals surface area contributed by atoms with Crippen LogP contribution in [0.15, 0.2) is 46.9 Å². The number of nitrogens with zero attached hydrogens (tertiary/aromatic N) is 1. The molecule has 0 saturated heterocycles. The van der Waals surface area contributed by atoms with Gasteiger partial charge in [-0.2, -0.15) is 0 Å². The summed E-state index contributed by atoms with van der Waals surface area (Å²) in [5.74, 6) is 0.848. The fraction of sp³-hybridized carbons (Fsp3) is 0.200. The van der Waals surface area contributed by atoms with Crippen molar-refractivity contribution in [2.45, 2.75) is 6.61 Å². The smallest absolute Gasteiger partial charge is 0.121 e. The second-order valence-corrected chi connectivity index (χ2v) is 5.29. The Hall–Kier alpha value is -1.68. The average molecular weight is 321 g/mol. The van der Waals surface area contributed by atoms with Crippen LogP contribution in [0, 0.1) is 0 Å². The monoisotopic (exact) mass is 320 g/mol. The van der Waals surface area contributed by atoms with E-state index >= 15 is 0 Å². The first-order chi connectivity index (χ1) is 9.08. The number of nitrogen functional groups attached to an aromatic ring is 1. The number of hydrogen-bond acceptors (Lipinski definition) is 3. The molecule has 2 rings (SSSR count). The van der Waals surface area contributed by atoms with E-state index in [0.29, 0.717) is 6.61 Å². The summed E-state index contributed by atoms with van der Waals surface area (Å²) in [6, 6.07) is 13.8. The molecule has 2 aromatic rings. The van der Waals surface area contributed by atoms with Gasteiger partial charge in [0.05, 0.1) is 0 Å². The normalized spacial score (nSPS) is 10.3. The van der Waals surface area contributed by atoms with Crippen molar-refractivity contribution in [3.8, 4) is 5.75 Å². The average Bonchev–Trinajstić information content (AvgIpc) is 2.41. The van der Waals surface area contributed by atoms with E-state index in [4.69, 9.17) is 10.5 Å². The number of nitrogens with two attached hydrogens (primary N) is 1. The van der Waals surface area contributed by atoms with Crippen LogP contribution >= 0.6 is 15.9 Å². The van der Waals surface area contributed by atoms with Crippen molar-refractivity contribution in [3.05, 3.63) is 52.5 Å². The highest BCUT2D eigenvalue weighted by molar-refractivity contribution is 9.10. The Kier molecular flexibility index (Phi) is 4.32. The minimum Gasteiger partial charge on any atom is -0.489 e. The first-order valence-corrected chi connectivity index (χ1v) is 6.80. The number of halogens is 1. The highest BCUT2D eigenvalue weighted by Crippen LogP contribution is 2.26. The SMILES string of the molecule is CN(C)c1cccc(OCc2cccc(N)c2Br)c1. The molecule has 2 N–H and O–H groups in total. The minimum atomic E-state index is 0.489. The molecule has 0 heterocycles. The summed E-state index contributed by atoms with van der Waals surface area (Å²) in [6.45, 7) is 0.489. The van der Waals surface area contributed by atoms with E-state index < -0.39 is 0 Å². The Labute approximate surface area is 122 Å². The van der Waals surface area contributed by atoms with Crippen molar-refractivity contribution >= 4 is 27.3 Å². The van der Waals surface area contributed by atoms with Crippen LogP contribution < -0.4 is 15.4 Å². The highest BCUT2D eigenvalue weighted by atomic mass is 79.9. The van der Waals surface area contributed by atoms with Gasteiger partial charge >= 0.3 is 0 Å². The van der Waals surface area contributed by atoms with Gasteiger partial charge in [-0.15, -0.1) is 0 Å². The van der Waals surface area contributed by atoms with E-state index in [1.807, 2.05) is 61.5 Å². The lowest BCUT2D eigenvalue weighted by atomic mass is 10.2. The molecule has 2 aromatic carbocycles. The maximum Gasteiger partial charge on any atom is 0.121 e. The molecule has 4 heteroatoms. The van der Waals surface area contributed by atoms with Gasteiger partial charge in [-0.05, 0) is 34.1 Å². The summed E-state index contributed by atoms with van der Waals surface area (Å²) < 4.78 is 6.71. The number of ether oxygens (including phenoxy) is 1. The van der Waals surface area contributed by atoms with Gasteiger partial charge in [0.15, 0.2) is 0 Å². The lowest BCUT2D eigenvalue weighted by Gasteiger charge is -2.14. The van der Waals surface area contributed by atoms with Gasteiger partial charge < -0.3 is 15.4 Å². The summed E-state index contributed by atoms with van der Waals surface area (Å²) in [4.78, 5) is 2.04. The lowest BCUT2D eigenvalue weighted by Crippen LogP contribution is -2.08. The van der Waals surface area contributed by atoms with E-state index in [2.05, 4.69) is 15.9 Å². The minimum absolute atomic E-state index is 0.489. The molecule has 0 aliphatic rings. The Morgan fingerprint density at radius 2 is 1.89 bits per heavy atom. The summed E-state index contributed by atoms with van der Waals surface area (Å²) in [5, 5.41) is 0. The molecule has 0 atom stereocenters. The molecule has 0 amide bonds. The van der Waals surface area contributed by atoms with E-state index in [1.54, 1.807) is 0 Å². The molecule has 19 heavy (non-hydrogen) atoms. The predicted octanol–water partition coefficient (Wildman–Crippen LogP) is 3.68. The summed E-state index contributed by atoms with van der Waals surface area (Å²) in [6.07, 6.45) is 0. The van der Waals surface area contributed by atoms with Crippen LogP contribution in [0.25, 0.3) is 0 Å². The molecule has 0 aliphatic heterocycles.